The number of carboxylic acids is 1. The first-order valence-electron chi connectivity index (χ1n) is 5.46. The molecule has 1 aromatic carbocycles. The van der Waals surface area contributed by atoms with Gasteiger partial charge in [0.2, 0.25) is 5.91 Å². The van der Waals surface area contributed by atoms with Gasteiger partial charge in [-0.2, -0.15) is 0 Å². The summed E-state index contributed by atoms with van der Waals surface area (Å²) in [6, 6.07) is 4.51. The predicted molar refractivity (Wildman–Crippen MR) is 65.8 cm³/mol. The van der Waals surface area contributed by atoms with E-state index in [4.69, 9.17) is 5.11 Å². The van der Waals surface area contributed by atoms with Crippen molar-refractivity contribution in [2.24, 2.45) is 0 Å². The molecule has 0 atom stereocenters. The first-order chi connectivity index (χ1) is 8.90. The third-order valence-electron chi connectivity index (χ3n) is 2.24. The topological polar surface area (TPSA) is 116 Å². The summed E-state index contributed by atoms with van der Waals surface area (Å²) >= 11 is 0. The van der Waals surface area contributed by atoms with E-state index in [0.717, 1.165) is 5.56 Å². The number of nitrogens with one attached hydrogen (secondary N) is 2. The average Bonchev–Trinajstić information content (AvgIpc) is 2.36. The van der Waals surface area contributed by atoms with Gasteiger partial charge in [-0.1, -0.05) is 11.6 Å². The van der Waals surface area contributed by atoms with Gasteiger partial charge in [-0.15, -0.1) is 0 Å². The zero-order chi connectivity index (χ0) is 14.4. The lowest BCUT2D eigenvalue weighted by molar-refractivity contribution is -0.137. The number of aliphatic carboxylic acids is 1. The van der Waals surface area contributed by atoms with Gasteiger partial charge in [0.15, 0.2) is 0 Å². The van der Waals surface area contributed by atoms with Crippen LogP contribution in [0.1, 0.15) is 15.9 Å². The molecule has 1 aromatic rings. The standard InChI is InChI=1S/C12H14N2O5/c1-7-2-3-9(15)8(4-7)12(19)14-5-10(16)13-6-11(17)18/h2-4,15H,5-6H2,1H3,(H,13,16)(H,14,19)(H,17,18). The van der Waals surface area contributed by atoms with Gasteiger partial charge in [-0.3, -0.25) is 14.4 Å². The maximum atomic E-state index is 11.7. The lowest BCUT2D eigenvalue weighted by Gasteiger charge is -2.07. The molecule has 0 unspecified atom stereocenters. The molecule has 0 aliphatic rings. The van der Waals surface area contributed by atoms with Crippen molar-refractivity contribution in [1.29, 1.82) is 0 Å². The quantitative estimate of drug-likeness (QED) is 0.580. The van der Waals surface area contributed by atoms with Crippen LogP contribution in [0.15, 0.2) is 18.2 Å². The van der Waals surface area contributed by atoms with Crippen LogP contribution < -0.4 is 10.6 Å². The Kier molecular flexibility index (Phi) is 4.87. The summed E-state index contributed by atoms with van der Waals surface area (Å²) in [7, 11) is 0. The summed E-state index contributed by atoms with van der Waals surface area (Å²) in [6.07, 6.45) is 0. The van der Waals surface area contributed by atoms with E-state index in [1.807, 2.05) is 0 Å². The normalized spacial score (nSPS) is 9.74. The van der Waals surface area contributed by atoms with Crippen molar-refractivity contribution in [3.8, 4) is 5.75 Å². The number of aryl methyl sites for hydroxylation is 1. The SMILES string of the molecule is Cc1ccc(O)c(C(=O)NCC(=O)NCC(=O)O)c1. The van der Waals surface area contributed by atoms with Crippen LogP contribution in [0.25, 0.3) is 0 Å². The highest BCUT2D eigenvalue weighted by Gasteiger charge is 2.12. The summed E-state index contributed by atoms with van der Waals surface area (Å²) in [6.45, 7) is 0.889. The number of phenols is 1. The number of phenolic OH excluding ortho intramolecular Hbond substituents is 1. The molecule has 0 heterocycles. The Bertz CT molecular complexity index is 513. The van der Waals surface area contributed by atoms with Crippen LogP contribution in [0, 0.1) is 6.92 Å². The lowest BCUT2D eigenvalue weighted by atomic mass is 10.1. The van der Waals surface area contributed by atoms with Gasteiger partial charge in [-0.25, -0.2) is 0 Å². The van der Waals surface area contributed by atoms with Crippen LogP contribution in [0.5, 0.6) is 5.75 Å². The third-order valence-corrected chi connectivity index (χ3v) is 2.24. The Balaban J connectivity index is 2.53. The molecule has 0 aromatic heterocycles. The summed E-state index contributed by atoms with van der Waals surface area (Å²) in [5.41, 5.74) is 0.851. The van der Waals surface area contributed by atoms with Crippen molar-refractivity contribution >= 4 is 17.8 Å². The number of hydrogen-bond acceptors (Lipinski definition) is 4. The zero-order valence-corrected chi connectivity index (χ0v) is 10.3. The Morgan fingerprint density at radius 1 is 1.16 bits per heavy atom. The molecule has 2 amide bonds. The summed E-state index contributed by atoms with van der Waals surface area (Å²) in [4.78, 5) is 33.1. The number of rotatable bonds is 5. The third kappa shape index (κ3) is 4.66. The fraction of sp³-hybridized carbons (Fsp3) is 0.250. The molecule has 4 N–H and O–H groups in total. The van der Waals surface area contributed by atoms with Gasteiger partial charge >= 0.3 is 5.97 Å². The summed E-state index contributed by atoms with van der Waals surface area (Å²) < 4.78 is 0. The van der Waals surface area contributed by atoms with Gasteiger partial charge in [0.1, 0.15) is 12.3 Å². The van der Waals surface area contributed by atoms with Gasteiger partial charge in [0.05, 0.1) is 12.1 Å². The molecular weight excluding hydrogens is 252 g/mol. The van der Waals surface area contributed by atoms with E-state index in [1.54, 1.807) is 13.0 Å². The second-order valence-corrected chi connectivity index (χ2v) is 3.87. The minimum absolute atomic E-state index is 0.0611. The molecule has 1 rings (SSSR count). The van der Waals surface area contributed by atoms with Crippen molar-refractivity contribution in [3.05, 3.63) is 29.3 Å². The number of carboxylic acid groups (broad SMARTS) is 1. The summed E-state index contributed by atoms with van der Waals surface area (Å²) in [5.74, 6) is -2.58. The van der Waals surface area contributed by atoms with Crippen molar-refractivity contribution in [1.82, 2.24) is 10.6 Å². The largest absolute Gasteiger partial charge is 0.507 e. The highest BCUT2D eigenvalue weighted by Crippen LogP contribution is 2.17. The Labute approximate surface area is 109 Å². The smallest absolute Gasteiger partial charge is 0.322 e. The van der Waals surface area contributed by atoms with Crippen LogP contribution in [-0.4, -0.2) is 41.1 Å². The number of aromatic hydroxyl groups is 1. The molecule has 0 spiro atoms. The zero-order valence-electron chi connectivity index (χ0n) is 10.3. The van der Waals surface area contributed by atoms with Crippen molar-refractivity contribution in [3.63, 3.8) is 0 Å². The molecule has 102 valence electrons. The molecule has 0 fully saturated rings. The van der Waals surface area contributed by atoms with Gasteiger partial charge in [0, 0.05) is 0 Å². The van der Waals surface area contributed by atoms with Crippen LogP contribution in [0.3, 0.4) is 0 Å². The second-order valence-electron chi connectivity index (χ2n) is 3.87. The first kappa shape index (κ1) is 14.5. The molecule has 0 saturated carbocycles. The maximum Gasteiger partial charge on any atom is 0.322 e. The van der Waals surface area contributed by atoms with Crippen molar-refractivity contribution in [2.45, 2.75) is 6.92 Å². The number of benzene rings is 1. The van der Waals surface area contributed by atoms with Crippen molar-refractivity contribution < 1.29 is 24.6 Å². The molecule has 0 aliphatic heterocycles. The van der Waals surface area contributed by atoms with E-state index < -0.39 is 24.3 Å². The van der Waals surface area contributed by atoms with E-state index in [0.29, 0.717) is 0 Å². The summed E-state index contributed by atoms with van der Waals surface area (Å²) in [5, 5.41) is 22.2. The van der Waals surface area contributed by atoms with E-state index in [2.05, 4.69) is 10.6 Å². The fourth-order valence-corrected chi connectivity index (χ4v) is 1.32. The second kappa shape index (κ2) is 6.39. The van der Waals surface area contributed by atoms with Crippen LogP contribution in [-0.2, 0) is 9.59 Å². The molecule has 0 radical (unpaired) electrons. The van der Waals surface area contributed by atoms with Gasteiger partial charge in [0.25, 0.3) is 5.91 Å². The Morgan fingerprint density at radius 3 is 2.47 bits per heavy atom. The van der Waals surface area contributed by atoms with Crippen LogP contribution in [0.2, 0.25) is 0 Å². The Hall–Kier alpha value is -2.57. The molecule has 7 heteroatoms. The molecule has 0 bridgehead atoms. The highest BCUT2D eigenvalue weighted by molar-refractivity contribution is 5.99. The van der Waals surface area contributed by atoms with Crippen molar-refractivity contribution in [2.75, 3.05) is 13.1 Å². The van der Waals surface area contributed by atoms with Crippen LogP contribution >= 0.6 is 0 Å². The number of hydrogen-bond donors (Lipinski definition) is 4. The van der Waals surface area contributed by atoms with E-state index in [1.165, 1.54) is 12.1 Å². The molecule has 7 nitrogen and oxygen atoms in total. The minimum Gasteiger partial charge on any atom is -0.507 e. The average molecular weight is 266 g/mol. The van der Waals surface area contributed by atoms with E-state index >= 15 is 0 Å². The van der Waals surface area contributed by atoms with Gasteiger partial charge in [-0.05, 0) is 19.1 Å². The molecular formula is C12H14N2O5. The number of amides is 2. The molecule has 19 heavy (non-hydrogen) atoms. The molecule has 0 saturated heterocycles. The predicted octanol–water partition coefficient (Wildman–Crippen LogP) is -0.369. The number of carbonyl (C=O) groups excluding carboxylic acids is 2. The van der Waals surface area contributed by atoms with Gasteiger partial charge < -0.3 is 20.8 Å². The highest BCUT2D eigenvalue weighted by atomic mass is 16.4. The Morgan fingerprint density at radius 2 is 1.84 bits per heavy atom. The van der Waals surface area contributed by atoms with E-state index in [-0.39, 0.29) is 17.9 Å². The lowest BCUT2D eigenvalue weighted by Crippen LogP contribution is -2.39. The van der Waals surface area contributed by atoms with Crippen LogP contribution in [0.4, 0.5) is 0 Å². The minimum atomic E-state index is -1.17. The molecule has 0 aliphatic carbocycles. The number of carbonyl (C=O) groups is 3. The monoisotopic (exact) mass is 266 g/mol. The first-order valence-corrected chi connectivity index (χ1v) is 5.46. The van der Waals surface area contributed by atoms with E-state index in [9.17, 15) is 19.5 Å². The fourth-order valence-electron chi connectivity index (χ4n) is 1.32. The maximum absolute atomic E-state index is 11.7.